The summed E-state index contributed by atoms with van der Waals surface area (Å²) in [6, 6.07) is 3.69. The average Bonchev–Trinajstić information content (AvgIpc) is 2.98. The monoisotopic (exact) mass is 344 g/mol. The molecule has 5 rings (SSSR count). The smallest absolute Gasteiger partial charge is 0.314 e. The van der Waals surface area contributed by atoms with E-state index in [9.17, 15) is 14.7 Å². The maximum Gasteiger partial charge on any atom is 0.314 e. The van der Waals surface area contributed by atoms with E-state index in [1.807, 2.05) is 19.1 Å². The van der Waals surface area contributed by atoms with Crippen molar-refractivity contribution in [3.8, 4) is 0 Å². The topological polar surface area (TPSA) is 67.5 Å². The first-order valence-corrected chi connectivity index (χ1v) is 9.79. The Kier molecular flexibility index (Phi) is 4.25. The summed E-state index contributed by atoms with van der Waals surface area (Å²) < 4.78 is 5.64. The van der Waals surface area contributed by atoms with Crippen LogP contribution in [0.5, 0.6) is 0 Å². The quantitative estimate of drug-likeness (QED) is 0.750. The summed E-state index contributed by atoms with van der Waals surface area (Å²) in [6.07, 6.45) is 8.83. The summed E-state index contributed by atoms with van der Waals surface area (Å²) in [5, 5.41) is 9.62. The van der Waals surface area contributed by atoms with Gasteiger partial charge in [0.05, 0.1) is 0 Å². The lowest BCUT2D eigenvalue weighted by Crippen LogP contribution is -2.47. The Morgan fingerprint density at radius 3 is 2.16 bits per heavy atom. The average molecular weight is 344 g/mol. The van der Waals surface area contributed by atoms with E-state index >= 15 is 0 Å². The lowest BCUT2D eigenvalue weighted by atomic mass is 9.48. The normalized spacial score (nSPS) is 34.2. The van der Waals surface area contributed by atoms with E-state index < -0.39 is 11.9 Å². The number of furan rings is 1. The second-order valence-corrected chi connectivity index (χ2v) is 8.88. The zero-order valence-corrected chi connectivity index (χ0v) is 15.0. The minimum atomic E-state index is -1.01. The third-order valence-electron chi connectivity index (χ3n) is 6.87. The van der Waals surface area contributed by atoms with Crippen molar-refractivity contribution in [1.82, 2.24) is 0 Å². The predicted octanol–water partition coefficient (Wildman–Crippen LogP) is 4.26. The van der Waals surface area contributed by atoms with E-state index in [1.54, 1.807) is 0 Å². The van der Waals surface area contributed by atoms with Crippen molar-refractivity contribution in [3.05, 3.63) is 23.7 Å². The molecule has 0 radical (unpaired) electrons. The molecule has 0 spiro atoms. The molecule has 1 heterocycles. The molecule has 4 heteroatoms. The largest absolute Gasteiger partial charge is 0.481 e. The second-order valence-electron chi connectivity index (χ2n) is 8.88. The SMILES string of the molecule is CCc1ccc(CC(C(=O)O)C(=O)CC23CC4CC(CC(C4)C2)C3)o1. The van der Waals surface area contributed by atoms with E-state index in [0.29, 0.717) is 12.2 Å². The molecule has 1 unspecified atom stereocenters. The van der Waals surface area contributed by atoms with Crippen LogP contribution in [0.2, 0.25) is 0 Å². The molecule has 1 atom stereocenters. The number of carbonyl (C=O) groups excluding carboxylic acids is 1. The van der Waals surface area contributed by atoms with Gasteiger partial charge < -0.3 is 9.52 Å². The number of carboxylic acids is 1. The summed E-state index contributed by atoms with van der Waals surface area (Å²) in [7, 11) is 0. The van der Waals surface area contributed by atoms with Gasteiger partial charge in [-0.05, 0) is 73.8 Å². The number of Topliss-reactive ketones (excluding diaryl/α,β-unsaturated/α-hetero) is 1. The highest BCUT2D eigenvalue weighted by molar-refractivity contribution is 5.98. The van der Waals surface area contributed by atoms with E-state index in [4.69, 9.17) is 4.42 Å². The number of aliphatic carboxylic acids is 1. The molecule has 25 heavy (non-hydrogen) atoms. The zero-order valence-electron chi connectivity index (χ0n) is 15.0. The number of aryl methyl sites for hydroxylation is 1. The molecule has 1 aromatic heterocycles. The molecule has 0 amide bonds. The second kappa shape index (κ2) is 6.30. The van der Waals surface area contributed by atoms with Crippen molar-refractivity contribution in [3.63, 3.8) is 0 Å². The van der Waals surface area contributed by atoms with E-state index in [2.05, 4.69) is 0 Å². The van der Waals surface area contributed by atoms with E-state index in [-0.39, 0.29) is 17.6 Å². The lowest BCUT2D eigenvalue weighted by Gasteiger charge is -2.56. The summed E-state index contributed by atoms with van der Waals surface area (Å²) in [4.78, 5) is 24.7. The van der Waals surface area contributed by atoms with Crippen LogP contribution < -0.4 is 0 Å². The van der Waals surface area contributed by atoms with Crippen molar-refractivity contribution in [2.45, 2.75) is 64.7 Å². The number of carboxylic acid groups (broad SMARTS) is 1. The van der Waals surface area contributed by atoms with Crippen molar-refractivity contribution >= 4 is 11.8 Å². The fourth-order valence-electron chi connectivity index (χ4n) is 6.26. The van der Waals surface area contributed by atoms with Gasteiger partial charge in [0.25, 0.3) is 0 Å². The molecule has 136 valence electrons. The molecule has 1 aromatic rings. The van der Waals surface area contributed by atoms with Crippen molar-refractivity contribution in [2.75, 3.05) is 0 Å². The van der Waals surface area contributed by atoms with Crippen LogP contribution in [0.15, 0.2) is 16.5 Å². The first-order chi connectivity index (χ1) is 12.0. The molecule has 4 aliphatic carbocycles. The van der Waals surface area contributed by atoms with Gasteiger partial charge in [0, 0.05) is 19.3 Å². The Morgan fingerprint density at radius 1 is 1.12 bits per heavy atom. The van der Waals surface area contributed by atoms with Crippen molar-refractivity contribution < 1.29 is 19.1 Å². The molecule has 1 N–H and O–H groups in total. The highest BCUT2D eigenvalue weighted by Crippen LogP contribution is 2.61. The highest BCUT2D eigenvalue weighted by Gasteiger charge is 2.52. The van der Waals surface area contributed by atoms with Gasteiger partial charge in [0.15, 0.2) is 0 Å². The molecular formula is C21H28O4. The standard InChI is InChI=1S/C21H28O4/c1-2-16-3-4-17(25-16)8-18(20(23)24)19(22)12-21-9-13-5-14(10-21)7-15(6-13)11-21/h3-4,13-15,18H,2,5-12H2,1H3,(H,23,24). The van der Waals surface area contributed by atoms with E-state index in [1.165, 1.54) is 19.3 Å². The summed E-state index contributed by atoms with van der Waals surface area (Å²) in [6.45, 7) is 2.00. The fraction of sp³-hybridized carbons (Fsp3) is 0.714. The van der Waals surface area contributed by atoms with Gasteiger partial charge in [-0.15, -0.1) is 0 Å². The third-order valence-corrected chi connectivity index (χ3v) is 6.87. The number of hydrogen-bond acceptors (Lipinski definition) is 3. The molecule has 0 aromatic carbocycles. The molecule has 4 bridgehead atoms. The van der Waals surface area contributed by atoms with Crippen LogP contribution >= 0.6 is 0 Å². The number of hydrogen-bond donors (Lipinski definition) is 1. The predicted molar refractivity (Wildman–Crippen MR) is 93.1 cm³/mol. The fourth-order valence-corrected chi connectivity index (χ4v) is 6.26. The zero-order chi connectivity index (χ0) is 17.6. The van der Waals surface area contributed by atoms with Crippen LogP contribution in [0, 0.1) is 29.1 Å². The molecule has 0 aliphatic heterocycles. The van der Waals surface area contributed by atoms with Crippen LogP contribution in [0.25, 0.3) is 0 Å². The Labute approximate surface area is 149 Å². The van der Waals surface area contributed by atoms with Crippen LogP contribution in [-0.2, 0) is 22.4 Å². The Morgan fingerprint density at radius 2 is 1.68 bits per heavy atom. The van der Waals surface area contributed by atoms with Crippen molar-refractivity contribution in [2.24, 2.45) is 29.1 Å². The molecule has 4 aliphatic rings. The van der Waals surface area contributed by atoms with Crippen LogP contribution in [0.1, 0.15) is 63.4 Å². The van der Waals surface area contributed by atoms with Crippen LogP contribution in [0.4, 0.5) is 0 Å². The molecule has 0 saturated heterocycles. The van der Waals surface area contributed by atoms with Crippen LogP contribution in [0.3, 0.4) is 0 Å². The molecule has 4 saturated carbocycles. The van der Waals surface area contributed by atoms with Crippen molar-refractivity contribution in [1.29, 1.82) is 0 Å². The first-order valence-electron chi connectivity index (χ1n) is 9.79. The van der Waals surface area contributed by atoms with Gasteiger partial charge in [-0.1, -0.05) is 6.92 Å². The van der Waals surface area contributed by atoms with Gasteiger partial charge >= 0.3 is 5.97 Å². The highest BCUT2D eigenvalue weighted by atomic mass is 16.4. The van der Waals surface area contributed by atoms with Gasteiger partial charge in [-0.3, -0.25) is 9.59 Å². The van der Waals surface area contributed by atoms with Gasteiger partial charge in [-0.2, -0.15) is 0 Å². The number of ketones is 1. The van der Waals surface area contributed by atoms with Gasteiger partial charge in [0.1, 0.15) is 23.2 Å². The first kappa shape index (κ1) is 16.9. The Balaban J connectivity index is 1.47. The third kappa shape index (κ3) is 3.28. The molecule has 4 fully saturated rings. The van der Waals surface area contributed by atoms with E-state index in [0.717, 1.165) is 49.2 Å². The Hall–Kier alpha value is -1.58. The number of rotatable bonds is 7. The minimum Gasteiger partial charge on any atom is -0.481 e. The molecule has 4 nitrogen and oxygen atoms in total. The maximum atomic E-state index is 12.9. The lowest BCUT2D eigenvalue weighted by molar-refractivity contribution is -0.148. The maximum absolute atomic E-state index is 12.9. The van der Waals surface area contributed by atoms with Gasteiger partial charge in [0.2, 0.25) is 0 Å². The minimum absolute atomic E-state index is 0.0936. The Bertz CT molecular complexity index is 636. The molecular weight excluding hydrogens is 316 g/mol. The van der Waals surface area contributed by atoms with Crippen LogP contribution in [-0.4, -0.2) is 16.9 Å². The number of carbonyl (C=O) groups is 2. The van der Waals surface area contributed by atoms with Gasteiger partial charge in [-0.25, -0.2) is 0 Å². The summed E-state index contributed by atoms with van der Waals surface area (Å²) in [5.74, 6) is 1.71. The summed E-state index contributed by atoms with van der Waals surface area (Å²) >= 11 is 0. The summed E-state index contributed by atoms with van der Waals surface area (Å²) in [5.41, 5.74) is 0.0945.